The first kappa shape index (κ1) is 25.7. The predicted molar refractivity (Wildman–Crippen MR) is 194 cm³/mol. The molecule has 7 aromatic carbocycles. The largest absolute Gasteiger partial charge is 0.467 e. The third-order valence-corrected chi connectivity index (χ3v) is 9.51. The van der Waals surface area contributed by atoms with E-state index in [9.17, 15) is 0 Å². The van der Waals surface area contributed by atoms with Crippen molar-refractivity contribution in [3.05, 3.63) is 163 Å². The first-order chi connectivity index (χ1) is 23.3. The van der Waals surface area contributed by atoms with Crippen LogP contribution in [0.5, 0.6) is 0 Å². The van der Waals surface area contributed by atoms with Gasteiger partial charge in [0, 0.05) is 43.7 Å². The van der Waals surface area contributed by atoms with Crippen LogP contribution in [0.1, 0.15) is 0 Å². The molecule has 0 aliphatic heterocycles. The molecule has 47 heavy (non-hydrogen) atoms. The van der Waals surface area contributed by atoms with Gasteiger partial charge >= 0.3 is 0 Å². The molecule has 0 radical (unpaired) electrons. The third kappa shape index (κ3) is 3.69. The quantitative estimate of drug-likeness (QED) is 0.186. The van der Waals surface area contributed by atoms with Gasteiger partial charge in [-0.25, -0.2) is 4.85 Å². The Kier molecular flexibility index (Phi) is 5.32. The van der Waals surface area contributed by atoms with Crippen LogP contribution in [0, 0.1) is 6.57 Å². The van der Waals surface area contributed by atoms with Crippen molar-refractivity contribution >= 4 is 71.2 Å². The number of benzene rings is 7. The standard InChI is InChI=1S/C43H25N3O/c1-44-37-19-10-18-34-36-25-41-35(26-42(36)47-43(34)37)33-17-4-7-22-40(33)46(41)30-14-9-12-28(24-30)27-11-8-13-29(23-27)45-38-20-5-2-15-31(38)32-16-3-6-21-39(32)45/h2-26H. The number of rotatable bonds is 3. The Hall–Kier alpha value is -6.57. The molecule has 4 nitrogen and oxygen atoms in total. The van der Waals surface area contributed by atoms with Gasteiger partial charge in [-0.3, -0.25) is 0 Å². The minimum Gasteiger partial charge on any atom is -0.467 e. The summed E-state index contributed by atoms with van der Waals surface area (Å²) < 4.78 is 11.0. The van der Waals surface area contributed by atoms with Crippen molar-refractivity contribution in [2.24, 2.45) is 0 Å². The second-order valence-corrected chi connectivity index (χ2v) is 12.1. The van der Waals surface area contributed by atoms with Crippen LogP contribution in [-0.2, 0) is 0 Å². The summed E-state index contributed by atoms with van der Waals surface area (Å²) in [5.74, 6) is 0. The number of hydrogen-bond donors (Lipinski definition) is 0. The smallest absolute Gasteiger partial charge is 0.229 e. The average Bonchev–Trinajstić information content (AvgIpc) is 3.78. The fourth-order valence-electron chi connectivity index (χ4n) is 7.46. The summed E-state index contributed by atoms with van der Waals surface area (Å²) in [6.07, 6.45) is 0. The van der Waals surface area contributed by atoms with Crippen LogP contribution in [0.15, 0.2) is 156 Å². The van der Waals surface area contributed by atoms with Gasteiger partial charge < -0.3 is 13.6 Å². The number of nitrogens with zero attached hydrogens (tertiary/aromatic N) is 3. The molecular weight excluding hydrogens is 574 g/mol. The van der Waals surface area contributed by atoms with Crippen LogP contribution in [0.2, 0.25) is 0 Å². The Morgan fingerprint density at radius 3 is 1.53 bits per heavy atom. The van der Waals surface area contributed by atoms with Crippen LogP contribution < -0.4 is 0 Å². The molecule has 218 valence electrons. The zero-order valence-electron chi connectivity index (χ0n) is 25.2. The highest BCUT2D eigenvalue weighted by molar-refractivity contribution is 6.18. The van der Waals surface area contributed by atoms with Crippen molar-refractivity contribution in [1.29, 1.82) is 0 Å². The molecule has 0 amide bonds. The Labute approximate surface area is 269 Å². The minimum absolute atomic E-state index is 0.534. The number of para-hydroxylation sites is 4. The molecule has 0 N–H and O–H groups in total. The maximum atomic E-state index is 7.64. The molecule has 3 heterocycles. The molecule has 0 aliphatic carbocycles. The van der Waals surface area contributed by atoms with Crippen molar-refractivity contribution < 1.29 is 4.42 Å². The molecule has 0 saturated heterocycles. The van der Waals surface area contributed by atoms with E-state index in [1.165, 1.54) is 21.8 Å². The van der Waals surface area contributed by atoms with Crippen molar-refractivity contribution in [3.8, 4) is 22.5 Å². The van der Waals surface area contributed by atoms with Crippen LogP contribution in [0.3, 0.4) is 0 Å². The lowest BCUT2D eigenvalue weighted by Gasteiger charge is -2.12. The maximum absolute atomic E-state index is 7.64. The summed E-state index contributed by atoms with van der Waals surface area (Å²) in [6, 6.07) is 53.6. The fourth-order valence-corrected chi connectivity index (χ4v) is 7.46. The number of furan rings is 1. The number of fused-ring (bicyclic) bond motifs is 9. The molecule has 0 aliphatic rings. The molecular formula is C43H25N3O. The topological polar surface area (TPSA) is 27.4 Å². The lowest BCUT2D eigenvalue weighted by Crippen LogP contribution is -1.96. The molecule has 10 aromatic rings. The van der Waals surface area contributed by atoms with E-state index >= 15 is 0 Å². The van der Waals surface area contributed by atoms with Gasteiger partial charge in [0.25, 0.3) is 0 Å². The summed E-state index contributed by atoms with van der Waals surface area (Å²) in [5.41, 5.74) is 11.1. The molecule has 10 rings (SSSR count). The molecule has 4 heteroatoms. The second-order valence-electron chi connectivity index (χ2n) is 12.1. The molecule has 0 atom stereocenters. The monoisotopic (exact) mass is 599 g/mol. The lowest BCUT2D eigenvalue weighted by molar-refractivity contribution is 0.671. The van der Waals surface area contributed by atoms with Gasteiger partial charge in [0.2, 0.25) is 5.69 Å². The molecule has 0 unspecified atom stereocenters. The van der Waals surface area contributed by atoms with E-state index in [0.717, 1.165) is 60.7 Å². The minimum atomic E-state index is 0.534. The van der Waals surface area contributed by atoms with Crippen molar-refractivity contribution in [3.63, 3.8) is 0 Å². The van der Waals surface area contributed by atoms with E-state index in [4.69, 9.17) is 11.0 Å². The summed E-state index contributed by atoms with van der Waals surface area (Å²) in [4.78, 5) is 3.71. The van der Waals surface area contributed by atoms with Gasteiger partial charge in [0.1, 0.15) is 11.2 Å². The van der Waals surface area contributed by atoms with E-state index in [0.29, 0.717) is 11.3 Å². The van der Waals surface area contributed by atoms with Crippen LogP contribution >= 0.6 is 0 Å². The van der Waals surface area contributed by atoms with E-state index in [2.05, 4.69) is 147 Å². The van der Waals surface area contributed by atoms with Gasteiger partial charge in [-0.2, -0.15) is 0 Å². The van der Waals surface area contributed by atoms with Gasteiger partial charge in [-0.1, -0.05) is 97.1 Å². The first-order valence-electron chi connectivity index (χ1n) is 15.7. The van der Waals surface area contributed by atoms with Crippen molar-refractivity contribution in [1.82, 2.24) is 9.13 Å². The summed E-state index contributed by atoms with van der Waals surface area (Å²) >= 11 is 0. The Bertz CT molecular complexity index is 2880. The van der Waals surface area contributed by atoms with Crippen LogP contribution in [-0.4, -0.2) is 9.13 Å². The van der Waals surface area contributed by atoms with E-state index in [-0.39, 0.29) is 0 Å². The average molecular weight is 600 g/mol. The number of hydrogen-bond acceptors (Lipinski definition) is 1. The van der Waals surface area contributed by atoms with Crippen molar-refractivity contribution in [2.75, 3.05) is 0 Å². The molecule has 0 bridgehead atoms. The zero-order valence-corrected chi connectivity index (χ0v) is 25.2. The highest BCUT2D eigenvalue weighted by Gasteiger charge is 2.18. The molecule has 0 saturated carbocycles. The van der Waals surface area contributed by atoms with Crippen molar-refractivity contribution in [2.45, 2.75) is 0 Å². The summed E-state index contributed by atoms with van der Waals surface area (Å²) in [6.45, 7) is 7.64. The first-order valence-corrected chi connectivity index (χ1v) is 15.7. The van der Waals surface area contributed by atoms with Gasteiger partial charge in [0.05, 0.1) is 28.6 Å². The van der Waals surface area contributed by atoms with Crippen LogP contribution in [0.25, 0.3) is 92.9 Å². The Balaban J connectivity index is 1.18. The van der Waals surface area contributed by atoms with E-state index < -0.39 is 0 Å². The highest BCUT2D eigenvalue weighted by Crippen LogP contribution is 2.41. The highest BCUT2D eigenvalue weighted by atomic mass is 16.3. The molecule has 0 fully saturated rings. The van der Waals surface area contributed by atoms with Gasteiger partial charge in [0.15, 0.2) is 0 Å². The van der Waals surface area contributed by atoms with Gasteiger partial charge in [-0.15, -0.1) is 0 Å². The SMILES string of the molecule is [C-]#[N+]c1cccc2c1oc1cc3c4ccccc4n(-c4cccc(-c5cccc(-n6c7ccccc7c7ccccc76)c5)c4)c3cc12. The summed E-state index contributed by atoms with van der Waals surface area (Å²) in [5, 5.41) is 6.77. The van der Waals surface area contributed by atoms with Crippen LogP contribution in [0.4, 0.5) is 5.69 Å². The van der Waals surface area contributed by atoms with Gasteiger partial charge in [-0.05, 0) is 65.7 Å². The Morgan fingerprint density at radius 2 is 0.936 bits per heavy atom. The third-order valence-electron chi connectivity index (χ3n) is 9.51. The summed E-state index contributed by atoms with van der Waals surface area (Å²) in [7, 11) is 0. The maximum Gasteiger partial charge on any atom is 0.229 e. The second kappa shape index (κ2) is 9.71. The van der Waals surface area contributed by atoms with E-state index in [1.54, 1.807) is 0 Å². The zero-order chi connectivity index (χ0) is 31.1. The normalized spacial score (nSPS) is 11.8. The molecule has 3 aromatic heterocycles. The van der Waals surface area contributed by atoms with E-state index in [1.807, 2.05) is 18.2 Å². The fraction of sp³-hybridized carbons (Fsp3) is 0. The Morgan fingerprint density at radius 1 is 0.426 bits per heavy atom. The molecule has 0 spiro atoms. The lowest BCUT2D eigenvalue weighted by atomic mass is 10.0. The predicted octanol–water partition coefficient (Wildman–Crippen LogP) is 12.0. The number of aromatic nitrogens is 2.